The molecule has 0 heterocycles. The van der Waals surface area contributed by atoms with Crippen molar-refractivity contribution in [3.05, 3.63) is 19.1 Å². The number of hydrogen-bond donors (Lipinski definition) is 0. The molecule has 0 saturated heterocycles. The summed E-state index contributed by atoms with van der Waals surface area (Å²) in [4.78, 5) is 0. The van der Waals surface area contributed by atoms with E-state index in [1.54, 1.807) is 0 Å². The predicted molar refractivity (Wildman–Crippen MR) is 39.2 cm³/mol. The summed E-state index contributed by atoms with van der Waals surface area (Å²) in [5.41, 5.74) is 0. The van der Waals surface area contributed by atoms with Crippen molar-refractivity contribution in [3.8, 4) is 0 Å². The lowest BCUT2D eigenvalue weighted by Gasteiger charge is -1.96. The Morgan fingerprint density at radius 3 is 2.89 bits per heavy atom. The molecule has 1 nitrogen and oxygen atoms in total. The molecule has 0 aromatic rings. The van der Waals surface area contributed by atoms with Crippen molar-refractivity contribution in [1.82, 2.24) is 0 Å². The Morgan fingerprint density at radius 2 is 2.33 bits per heavy atom. The topological polar surface area (TPSA) is 9.23 Å². The van der Waals surface area contributed by atoms with Crippen molar-refractivity contribution in [2.24, 2.45) is 0 Å². The highest BCUT2D eigenvalue weighted by molar-refractivity contribution is 4.75. The molecule has 0 spiro atoms. The molecular weight excluding hydrogens is 112 g/mol. The second kappa shape index (κ2) is 7.70. The first-order valence-electron chi connectivity index (χ1n) is 3.30. The van der Waals surface area contributed by atoms with Crippen LogP contribution in [0.15, 0.2) is 12.2 Å². The van der Waals surface area contributed by atoms with E-state index in [2.05, 4.69) is 0 Å². The van der Waals surface area contributed by atoms with Crippen LogP contribution in [0.3, 0.4) is 0 Å². The zero-order valence-electron chi connectivity index (χ0n) is 5.97. The van der Waals surface area contributed by atoms with Crippen molar-refractivity contribution >= 4 is 0 Å². The maximum Gasteiger partial charge on any atom is 0.0647 e. The predicted octanol–water partition coefficient (Wildman–Crippen LogP) is 2.07. The van der Waals surface area contributed by atoms with Gasteiger partial charge in [-0.25, -0.2) is 0 Å². The fraction of sp³-hybridized carbons (Fsp3) is 0.625. The summed E-state index contributed by atoms with van der Waals surface area (Å²) < 4.78 is 5.15. The number of ether oxygens (including phenoxy) is 1. The average molecular weight is 126 g/mol. The SMILES string of the molecule is [CH]CCCOC/C=C/C. The number of unbranched alkanes of at least 4 members (excludes halogenated alkanes) is 1. The van der Waals surface area contributed by atoms with E-state index in [-0.39, 0.29) is 0 Å². The zero-order chi connectivity index (χ0) is 6.95. The first kappa shape index (κ1) is 8.70. The molecule has 0 bridgehead atoms. The maximum absolute atomic E-state index is 5.25. The molecule has 0 N–H and O–H groups in total. The Balaban J connectivity index is 2.75. The van der Waals surface area contributed by atoms with Gasteiger partial charge in [-0.1, -0.05) is 12.2 Å². The number of hydrogen-bond acceptors (Lipinski definition) is 1. The van der Waals surface area contributed by atoms with E-state index in [0.29, 0.717) is 0 Å². The molecule has 0 aliphatic carbocycles. The van der Waals surface area contributed by atoms with E-state index < -0.39 is 0 Å². The van der Waals surface area contributed by atoms with Gasteiger partial charge in [0.05, 0.1) is 6.61 Å². The molecule has 2 radical (unpaired) electrons. The Morgan fingerprint density at radius 1 is 1.56 bits per heavy atom. The van der Waals surface area contributed by atoms with Gasteiger partial charge in [-0.15, -0.1) is 0 Å². The minimum Gasteiger partial charge on any atom is -0.377 e. The minimum atomic E-state index is 0.718. The lowest BCUT2D eigenvalue weighted by atomic mass is 10.4. The van der Waals surface area contributed by atoms with Gasteiger partial charge in [-0.05, 0) is 26.7 Å². The van der Waals surface area contributed by atoms with E-state index in [1.807, 2.05) is 19.1 Å². The highest BCUT2D eigenvalue weighted by atomic mass is 16.5. The molecule has 9 heavy (non-hydrogen) atoms. The second-order valence-corrected chi connectivity index (χ2v) is 1.79. The van der Waals surface area contributed by atoms with Crippen LogP contribution in [0.1, 0.15) is 19.8 Å². The molecule has 0 unspecified atom stereocenters. The largest absolute Gasteiger partial charge is 0.377 e. The Kier molecular flexibility index (Phi) is 7.44. The third-order valence-corrected chi connectivity index (χ3v) is 0.943. The van der Waals surface area contributed by atoms with Gasteiger partial charge >= 0.3 is 0 Å². The summed E-state index contributed by atoms with van der Waals surface area (Å²) >= 11 is 0. The van der Waals surface area contributed by atoms with E-state index in [1.165, 1.54) is 0 Å². The fourth-order valence-corrected chi connectivity index (χ4v) is 0.433. The van der Waals surface area contributed by atoms with Gasteiger partial charge in [0.15, 0.2) is 0 Å². The van der Waals surface area contributed by atoms with Crippen molar-refractivity contribution in [1.29, 1.82) is 0 Å². The van der Waals surface area contributed by atoms with Crippen LogP contribution in [0.4, 0.5) is 0 Å². The summed E-state index contributed by atoms with van der Waals surface area (Å²) in [6, 6.07) is 0. The first-order chi connectivity index (χ1) is 4.41. The molecule has 0 aromatic carbocycles. The van der Waals surface area contributed by atoms with Gasteiger partial charge in [-0.2, -0.15) is 0 Å². The average Bonchev–Trinajstić information content (AvgIpc) is 1.89. The standard InChI is InChI=1S/C8H14O/c1-3-5-7-9-8-6-4-2/h1,4,6H,3,5,7-8H2,2H3/b6-4+. The molecule has 1 heteroatoms. The van der Waals surface area contributed by atoms with Crippen LogP contribution < -0.4 is 0 Å². The van der Waals surface area contributed by atoms with Gasteiger partial charge < -0.3 is 4.74 Å². The first-order valence-corrected chi connectivity index (χ1v) is 3.30. The maximum atomic E-state index is 5.25. The smallest absolute Gasteiger partial charge is 0.0647 e. The van der Waals surface area contributed by atoms with Gasteiger partial charge in [0.1, 0.15) is 0 Å². The van der Waals surface area contributed by atoms with Crippen LogP contribution in [0.2, 0.25) is 0 Å². The molecule has 0 aliphatic heterocycles. The highest BCUT2D eigenvalue weighted by Crippen LogP contribution is 1.86. The van der Waals surface area contributed by atoms with Gasteiger partial charge in [0.25, 0.3) is 0 Å². The quantitative estimate of drug-likeness (QED) is 0.405. The molecule has 0 saturated carbocycles. The number of rotatable bonds is 5. The number of allylic oxidation sites excluding steroid dienone is 1. The van der Waals surface area contributed by atoms with Crippen LogP contribution >= 0.6 is 0 Å². The van der Waals surface area contributed by atoms with Crippen LogP contribution in [0, 0.1) is 6.92 Å². The molecule has 0 amide bonds. The third kappa shape index (κ3) is 7.70. The fourth-order valence-electron chi connectivity index (χ4n) is 0.433. The van der Waals surface area contributed by atoms with Crippen LogP contribution in [0.5, 0.6) is 0 Å². The highest BCUT2D eigenvalue weighted by Gasteiger charge is 1.80. The molecular formula is C8H14O. The Labute approximate surface area is 57.7 Å². The lowest BCUT2D eigenvalue weighted by Crippen LogP contribution is -1.92. The summed E-state index contributed by atoms with van der Waals surface area (Å²) in [7, 11) is 0. The zero-order valence-corrected chi connectivity index (χ0v) is 5.97. The van der Waals surface area contributed by atoms with Gasteiger partial charge in [-0.3, -0.25) is 0 Å². The normalized spacial score (nSPS) is 10.9. The molecule has 0 atom stereocenters. The van der Waals surface area contributed by atoms with Crippen LogP contribution in [-0.2, 0) is 4.74 Å². The summed E-state index contributed by atoms with van der Waals surface area (Å²) in [6.45, 7) is 8.72. The summed E-state index contributed by atoms with van der Waals surface area (Å²) in [5, 5.41) is 0. The Hall–Kier alpha value is -0.300. The van der Waals surface area contributed by atoms with Gasteiger partial charge in [0, 0.05) is 6.61 Å². The monoisotopic (exact) mass is 126 g/mol. The minimum absolute atomic E-state index is 0.718. The third-order valence-electron chi connectivity index (χ3n) is 0.943. The van der Waals surface area contributed by atoms with E-state index in [4.69, 9.17) is 11.7 Å². The second-order valence-electron chi connectivity index (χ2n) is 1.79. The van der Waals surface area contributed by atoms with Crippen LogP contribution in [-0.4, -0.2) is 13.2 Å². The van der Waals surface area contributed by atoms with Crippen molar-refractivity contribution in [2.75, 3.05) is 13.2 Å². The summed E-state index contributed by atoms with van der Waals surface area (Å²) in [5.74, 6) is 0. The van der Waals surface area contributed by atoms with Crippen molar-refractivity contribution < 1.29 is 4.74 Å². The Bertz CT molecular complexity index is 67.0. The molecule has 0 aliphatic rings. The molecule has 0 rings (SSSR count). The van der Waals surface area contributed by atoms with E-state index in [0.717, 1.165) is 26.1 Å². The lowest BCUT2D eigenvalue weighted by molar-refractivity contribution is 0.160. The van der Waals surface area contributed by atoms with Gasteiger partial charge in [0.2, 0.25) is 0 Å². The van der Waals surface area contributed by atoms with E-state index in [9.17, 15) is 0 Å². The van der Waals surface area contributed by atoms with Crippen LogP contribution in [0.25, 0.3) is 0 Å². The summed E-state index contributed by atoms with van der Waals surface area (Å²) in [6.07, 6.45) is 5.63. The molecule has 0 aromatic heterocycles. The van der Waals surface area contributed by atoms with E-state index >= 15 is 0 Å². The van der Waals surface area contributed by atoms with Crippen molar-refractivity contribution in [2.45, 2.75) is 19.8 Å². The van der Waals surface area contributed by atoms with Crippen molar-refractivity contribution in [3.63, 3.8) is 0 Å². The molecule has 52 valence electrons. The molecule has 0 fully saturated rings.